The fourth-order valence-electron chi connectivity index (χ4n) is 3.46. The van der Waals surface area contributed by atoms with E-state index in [-0.39, 0.29) is 5.91 Å². The van der Waals surface area contributed by atoms with E-state index in [1.807, 2.05) is 0 Å². The zero-order chi connectivity index (χ0) is 20.4. The van der Waals surface area contributed by atoms with Crippen molar-refractivity contribution in [3.05, 3.63) is 68.0 Å². The van der Waals surface area contributed by atoms with Gasteiger partial charge in [-0.3, -0.25) is 14.2 Å². The highest BCUT2D eigenvalue weighted by molar-refractivity contribution is 5.91. The summed E-state index contributed by atoms with van der Waals surface area (Å²) >= 11 is 0. The first kappa shape index (κ1) is 19.7. The van der Waals surface area contributed by atoms with Crippen molar-refractivity contribution in [1.29, 1.82) is 0 Å². The summed E-state index contributed by atoms with van der Waals surface area (Å²) in [6, 6.07) is 6.29. The number of rotatable bonds is 3. The molecule has 28 heavy (non-hydrogen) atoms. The zero-order valence-electron chi connectivity index (χ0n) is 16.8. The molecule has 0 N–H and O–H groups in total. The van der Waals surface area contributed by atoms with Crippen molar-refractivity contribution in [2.24, 2.45) is 14.1 Å². The number of benzene rings is 1. The molecule has 7 heteroatoms. The zero-order valence-corrected chi connectivity index (χ0v) is 16.8. The van der Waals surface area contributed by atoms with Gasteiger partial charge in [0.1, 0.15) is 0 Å². The molecule has 1 saturated heterocycles. The van der Waals surface area contributed by atoms with Crippen LogP contribution in [-0.4, -0.2) is 46.1 Å². The third-order valence-corrected chi connectivity index (χ3v) is 5.39. The van der Waals surface area contributed by atoms with Crippen LogP contribution in [-0.2, 0) is 18.9 Å². The Bertz CT molecular complexity index is 1040. The molecular formula is C21H26N4O3. The van der Waals surface area contributed by atoms with Crippen LogP contribution in [0, 0.1) is 13.8 Å². The molecule has 1 fully saturated rings. The molecule has 3 rings (SSSR count). The van der Waals surface area contributed by atoms with Crippen molar-refractivity contribution in [1.82, 2.24) is 14.0 Å². The minimum Gasteiger partial charge on any atom is -0.368 e. The Balaban J connectivity index is 1.68. The number of piperazine rings is 1. The van der Waals surface area contributed by atoms with Crippen molar-refractivity contribution in [3.8, 4) is 0 Å². The molecule has 0 atom stereocenters. The van der Waals surface area contributed by atoms with Gasteiger partial charge in [-0.15, -0.1) is 0 Å². The van der Waals surface area contributed by atoms with Gasteiger partial charge in [-0.05, 0) is 37.1 Å². The van der Waals surface area contributed by atoms with Crippen LogP contribution < -0.4 is 16.1 Å². The molecule has 0 bridgehead atoms. The topological polar surface area (TPSA) is 67.5 Å². The van der Waals surface area contributed by atoms with E-state index >= 15 is 0 Å². The molecular weight excluding hydrogens is 356 g/mol. The van der Waals surface area contributed by atoms with Gasteiger partial charge in [0.05, 0.1) is 5.56 Å². The first-order valence-corrected chi connectivity index (χ1v) is 9.34. The summed E-state index contributed by atoms with van der Waals surface area (Å²) in [7, 11) is 3.00. The predicted octanol–water partition coefficient (Wildman–Crippen LogP) is 1.06. The minimum atomic E-state index is -0.410. The lowest BCUT2D eigenvalue weighted by atomic mass is 10.1. The van der Waals surface area contributed by atoms with E-state index < -0.39 is 11.2 Å². The van der Waals surface area contributed by atoms with Crippen LogP contribution in [0.1, 0.15) is 16.7 Å². The Morgan fingerprint density at radius 2 is 1.71 bits per heavy atom. The Morgan fingerprint density at radius 1 is 1.04 bits per heavy atom. The maximum Gasteiger partial charge on any atom is 0.330 e. The number of nitrogens with zero attached hydrogens (tertiary/aromatic N) is 4. The molecule has 0 unspecified atom stereocenters. The van der Waals surface area contributed by atoms with Gasteiger partial charge in [-0.1, -0.05) is 12.1 Å². The lowest BCUT2D eigenvalue weighted by Gasteiger charge is -2.36. The Morgan fingerprint density at radius 3 is 2.39 bits per heavy atom. The minimum absolute atomic E-state index is 0.128. The summed E-state index contributed by atoms with van der Waals surface area (Å²) < 4.78 is 2.36. The van der Waals surface area contributed by atoms with Crippen molar-refractivity contribution < 1.29 is 4.79 Å². The number of hydrogen-bond donors (Lipinski definition) is 0. The molecule has 148 valence electrons. The summed E-state index contributed by atoms with van der Waals surface area (Å²) in [5.41, 5.74) is 3.26. The monoisotopic (exact) mass is 382 g/mol. The second-order valence-electron chi connectivity index (χ2n) is 7.21. The highest BCUT2D eigenvalue weighted by Crippen LogP contribution is 2.23. The van der Waals surface area contributed by atoms with Gasteiger partial charge in [0.2, 0.25) is 5.91 Å². The van der Waals surface area contributed by atoms with Gasteiger partial charge >= 0.3 is 5.69 Å². The summed E-state index contributed by atoms with van der Waals surface area (Å²) in [6.07, 6.45) is 4.35. The molecule has 0 aliphatic carbocycles. The lowest BCUT2D eigenvalue weighted by molar-refractivity contribution is -0.126. The van der Waals surface area contributed by atoms with Crippen LogP contribution in [0.15, 0.2) is 40.1 Å². The van der Waals surface area contributed by atoms with Crippen LogP contribution in [0.3, 0.4) is 0 Å². The van der Waals surface area contributed by atoms with E-state index in [9.17, 15) is 14.4 Å². The summed E-state index contributed by atoms with van der Waals surface area (Å²) in [5, 5.41) is 0. The van der Waals surface area contributed by atoms with E-state index in [2.05, 4.69) is 36.9 Å². The van der Waals surface area contributed by atoms with E-state index in [0.717, 1.165) is 17.7 Å². The molecule has 2 heterocycles. The summed E-state index contributed by atoms with van der Waals surface area (Å²) in [5.74, 6) is -0.128. The Hall–Kier alpha value is -3.09. The number of amides is 1. The van der Waals surface area contributed by atoms with Crippen LogP contribution >= 0.6 is 0 Å². The highest BCUT2D eigenvalue weighted by Gasteiger charge is 2.21. The van der Waals surface area contributed by atoms with E-state index in [1.54, 1.807) is 11.9 Å². The molecule has 7 nitrogen and oxygen atoms in total. The molecule has 2 aromatic rings. The standard InChI is InChI=1S/C21H26N4O3/c1-15-6-5-7-18(16(15)2)24-10-12-25(13-11-24)19(26)9-8-17-14-22(3)21(28)23(4)20(17)27/h5-9,14H,10-13H2,1-4H3/b9-8+. The maximum absolute atomic E-state index is 12.5. The fraction of sp³-hybridized carbons (Fsp3) is 0.381. The van der Waals surface area contributed by atoms with Crippen LogP contribution in [0.4, 0.5) is 5.69 Å². The van der Waals surface area contributed by atoms with Crippen molar-refractivity contribution in [2.75, 3.05) is 31.1 Å². The van der Waals surface area contributed by atoms with E-state index in [0.29, 0.717) is 18.7 Å². The molecule has 0 radical (unpaired) electrons. The van der Waals surface area contributed by atoms with E-state index in [1.165, 1.54) is 46.8 Å². The highest BCUT2D eigenvalue weighted by atomic mass is 16.2. The van der Waals surface area contributed by atoms with Gasteiger partial charge in [0.25, 0.3) is 5.56 Å². The van der Waals surface area contributed by atoms with Crippen molar-refractivity contribution >= 4 is 17.7 Å². The SMILES string of the molecule is Cc1cccc(N2CCN(C(=O)/C=C/c3cn(C)c(=O)n(C)c3=O)CC2)c1C. The molecule has 1 amide bonds. The normalized spacial score (nSPS) is 14.7. The van der Waals surface area contributed by atoms with Gasteiger partial charge in [0, 0.05) is 58.2 Å². The largest absolute Gasteiger partial charge is 0.368 e. The number of carbonyl (C=O) groups excluding carboxylic acids is 1. The molecule has 1 aliphatic rings. The fourth-order valence-corrected chi connectivity index (χ4v) is 3.46. The van der Waals surface area contributed by atoms with Crippen molar-refractivity contribution in [3.63, 3.8) is 0 Å². The van der Waals surface area contributed by atoms with Crippen LogP contribution in [0.2, 0.25) is 0 Å². The maximum atomic E-state index is 12.5. The third-order valence-electron chi connectivity index (χ3n) is 5.39. The first-order valence-electron chi connectivity index (χ1n) is 9.34. The Kier molecular flexibility index (Phi) is 5.53. The number of aromatic nitrogens is 2. The first-order chi connectivity index (χ1) is 13.3. The van der Waals surface area contributed by atoms with Crippen LogP contribution in [0.25, 0.3) is 6.08 Å². The van der Waals surface area contributed by atoms with Gasteiger partial charge in [0.15, 0.2) is 0 Å². The molecule has 1 aromatic carbocycles. The third kappa shape index (κ3) is 3.78. The number of anilines is 1. The quantitative estimate of drug-likeness (QED) is 0.745. The second kappa shape index (κ2) is 7.88. The molecule has 1 aliphatic heterocycles. The number of carbonyl (C=O) groups is 1. The van der Waals surface area contributed by atoms with Gasteiger partial charge < -0.3 is 14.4 Å². The lowest BCUT2D eigenvalue weighted by Crippen LogP contribution is -2.48. The van der Waals surface area contributed by atoms with Gasteiger partial charge in [-0.25, -0.2) is 4.79 Å². The van der Waals surface area contributed by atoms with E-state index in [4.69, 9.17) is 0 Å². The van der Waals surface area contributed by atoms with Gasteiger partial charge in [-0.2, -0.15) is 0 Å². The summed E-state index contributed by atoms with van der Waals surface area (Å²) in [6.45, 7) is 7.02. The number of aryl methyl sites for hydroxylation is 2. The Labute approximate surface area is 164 Å². The predicted molar refractivity (Wildman–Crippen MR) is 111 cm³/mol. The second-order valence-corrected chi connectivity index (χ2v) is 7.21. The summed E-state index contributed by atoms with van der Waals surface area (Å²) in [4.78, 5) is 40.5. The number of hydrogen-bond acceptors (Lipinski definition) is 4. The average Bonchev–Trinajstić information content (AvgIpc) is 2.70. The van der Waals surface area contributed by atoms with Crippen LogP contribution in [0.5, 0.6) is 0 Å². The molecule has 0 spiro atoms. The molecule has 0 saturated carbocycles. The smallest absolute Gasteiger partial charge is 0.330 e. The molecule has 1 aromatic heterocycles. The van der Waals surface area contributed by atoms with Crippen molar-refractivity contribution in [2.45, 2.75) is 13.8 Å². The average molecular weight is 382 g/mol.